The van der Waals surface area contributed by atoms with Crippen molar-refractivity contribution in [1.29, 1.82) is 5.26 Å². The third kappa shape index (κ3) is 5.39. The van der Waals surface area contributed by atoms with E-state index in [2.05, 4.69) is 16.4 Å². The van der Waals surface area contributed by atoms with Gasteiger partial charge in [-0.25, -0.2) is 4.99 Å². The first-order valence-electron chi connectivity index (χ1n) is 10.3. The average molecular weight is 472 g/mol. The lowest BCUT2D eigenvalue weighted by Crippen LogP contribution is -2.19. The van der Waals surface area contributed by atoms with Gasteiger partial charge in [0, 0.05) is 5.56 Å². The molecule has 1 heterocycles. The minimum Gasteiger partial charge on any atom is -0.497 e. The highest BCUT2D eigenvalue weighted by Crippen LogP contribution is 2.33. The molecule has 3 aromatic rings. The number of amides is 1. The molecule has 1 aliphatic rings. The number of methoxy groups -OCH3 is 2. The molecule has 1 N–H and O–H groups in total. The molecule has 0 atom stereocenters. The lowest BCUT2D eigenvalue weighted by molar-refractivity contribution is -0.115. The molecule has 0 saturated carbocycles. The molecule has 170 valence electrons. The zero-order valence-corrected chi connectivity index (χ0v) is 19.4. The highest BCUT2D eigenvalue weighted by molar-refractivity contribution is 8.18. The maximum atomic E-state index is 12.4. The molecule has 8 heteroatoms. The molecule has 0 aliphatic carbocycles. The Morgan fingerprint density at radius 1 is 1.03 bits per heavy atom. The van der Waals surface area contributed by atoms with Crippen LogP contribution in [0.5, 0.6) is 17.2 Å². The van der Waals surface area contributed by atoms with Crippen LogP contribution in [0.2, 0.25) is 0 Å². The van der Waals surface area contributed by atoms with Crippen molar-refractivity contribution in [3.63, 3.8) is 0 Å². The predicted molar refractivity (Wildman–Crippen MR) is 132 cm³/mol. The maximum Gasteiger partial charge on any atom is 0.264 e. The van der Waals surface area contributed by atoms with E-state index in [0.717, 1.165) is 16.9 Å². The maximum absolute atomic E-state index is 12.4. The molecular weight excluding hydrogens is 450 g/mol. The number of carbonyl (C=O) groups excluding carboxylic acids is 1. The SMILES string of the molecule is COc1ccc(N=C2NC(=O)C(=Cc3ccc(OCc4ccccc4C#N)c(OC)c3)S2)cc1. The summed E-state index contributed by atoms with van der Waals surface area (Å²) < 4.78 is 16.5. The van der Waals surface area contributed by atoms with Crippen molar-refractivity contribution in [2.75, 3.05) is 14.2 Å². The van der Waals surface area contributed by atoms with Crippen molar-refractivity contribution in [2.45, 2.75) is 6.61 Å². The number of nitrogens with zero attached hydrogens (tertiary/aromatic N) is 2. The highest BCUT2D eigenvalue weighted by Gasteiger charge is 2.24. The molecule has 0 spiro atoms. The standard InChI is InChI=1S/C26H21N3O4S/c1-31-21-10-8-20(9-11-21)28-26-29-25(30)24(34-26)14-17-7-12-22(23(13-17)32-2)33-16-19-6-4-3-5-18(19)15-27/h3-14H,16H2,1-2H3,(H,28,29,30). The van der Waals surface area contributed by atoms with Gasteiger partial charge in [-0.05, 0) is 65.9 Å². The van der Waals surface area contributed by atoms with Gasteiger partial charge in [-0.2, -0.15) is 5.26 Å². The van der Waals surface area contributed by atoms with Crippen molar-refractivity contribution in [3.8, 4) is 23.3 Å². The molecule has 0 aromatic heterocycles. The lowest BCUT2D eigenvalue weighted by Gasteiger charge is -2.12. The number of nitrogens with one attached hydrogen (secondary N) is 1. The van der Waals surface area contributed by atoms with E-state index in [4.69, 9.17) is 14.2 Å². The number of ether oxygens (including phenoxy) is 3. The van der Waals surface area contributed by atoms with Crippen molar-refractivity contribution < 1.29 is 19.0 Å². The Morgan fingerprint density at radius 2 is 1.82 bits per heavy atom. The van der Waals surface area contributed by atoms with Crippen LogP contribution in [0.1, 0.15) is 16.7 Å². The molecule has 0 bridgehead atoms. The summed E-state index contributed by atoms with van der Waals surface area (Å²) >= 11 is 1.26. The third-order valence-electron chi connectivity index (χ3n) is 4.96. The summed E-state index contributed by atoms with van der Waals surface area (Å²) in [6, 6.07) is 22.1. The van der Waals surface area contributed by atoms with E-state index in [9.17, 15) is 10.1 Å². The number of carbonyl (C=O) groups is 1. The number of nitriles is 1. The summed E-state index contributed by atoms with van der Waals surface area (Å²) in [6.45, 7) is 0.240. The number of hydrogen-bond acceptors (Lipinski definition) is 7. The summed E-state index contributed by atoms with van der Waals surface area (Å²) in [4.78, 5) is 17.4. The summed E-state index contributed by atoms with van der Waals surface area (Å²) in [6.07, 6.45) is 1.77. The van der Waals surface area contributed by atoms with Crippen LogP contribution in [-0.4, -0.2) is 25.3 Å². The number of thioether (sulfide) groups is 1. The fraction of sp³-hybridized carbons (Fsp3) is 0.115. The molecular formula is C26H21N3O4S. The van der Waals surface area contributed by atoms with Crippen LogP contribution < -0.4 is 19.5 Å². The van der Waals surface area contributed by atoms with Crippen LogP contribution in [0.15, 0.2) is 76.6 Å². The lowest BCUT2D eigenvalue weighted by atomic mass is 10.1. The molecule has 1 aliphatic heterocycles. The Balaban J connectivity index is 1.48. The molecule has 1 saturated heterocycles. The molecule has 34 heavy (non-hydrogen) atoms. The van der Waals surface area contributed by atoms with Crippen LogP contribution in [0.25, 0.3) is 6.08 Å². The van der Waals surface area contributed by atoms with Crippen LogP contribution in [-0.2, 0) is 11.4 Å². The largest absolute Gasteiger partial charge is 0.497 e. The minimum atomic E-state index is -0.218. The smallest absolute Gasteiger partial charge is 0.264 e. The van der Waals surface area contributed by atoms with Gasteiger partial charge in [-0.1, -0.05) is 24.3 Å². The zero-order valence-electron chi connectivity index (χ0n) is 18.6. The van der Waals surface area contributed by atoms with Crippen LogP contribution in [0.3, 0.4) is 0 Å². The van der Waals surface area contributed by atoms with Crippen LogP contribution >= 0.6 is 11.8 Å². The molecule has 3 aromatic carbocycles. The number of hydrogen-bond donors (Lipinski definition) is 1. The van der Waals surface area contributed by atoms with Gasteiger partial charge in [0.2, 0.25) is 0 Å². The number of benzene rings is 3. The highest BCUT2D eigenvalue weighted by atomic mass is 32.2. The average Bonchev–Trinajstić information content (AvgIpc) is 3.21. The summed E-state index contributed by atoms with van der Waals surface area (Å²) in [5.41, 5.74) is 2.86. The summed E-state index contributed by atoms with van der Waals surface area (Å²) in [5, 5.41) is 12.5. The minimum absolute atomic E-state index is 0.218. The molecule has 4 rings (SSSR count). The van der Waals surface area contributed by atoms with Gasteiger partial charge in [0.1, 0.15) is 12.4 Å². The Kier molecular flexibility index (Phi) is 7.16. The molecule has 1 amide bonds. The van der Waals surface area contributed by atoms with E-state index >= 15 is 0 Å². The van der Waals surface area contributed by atoms with Gasteiger partial charge < -0.3 is 19.5 Å². The monoisotopic (exact) mass is 471 g/mol. The fourth-order valence-electron chi connectivity index (χ4n) is 3.21. The quantitative estimate of drug-likeness (QED) is 0.485. The summed E-state index contributed by atoms with van der Waals surface area (Å²) in [7, 11) is 3.16. The van der Waals surface area contributed by atoms with E-state index < -0.39 is 0 Å². The second-order valence-electron chi connectivity index (χ2n) is 7.15. The van der Waals surface area contributed by atoms with E-state index in [1.807, 2.05) is 48.5 Å². The summed E-state index contributed by atoms with van der Waals surface area (Å²) in [5.74, 6) is 1.59. The first kappa shape index (κ1) is 23.0. The normalized spacial score (nSPS) is 15.1. The van der Waals surface area contributed by atoms with Crippen molar-refractivity contribution in [1.82, 2.24) is 5.32 Å². The Bertz CT molecular complexity index is 1310. The number of aliphatic imine (C=N–C) groups is 1. The van der Waals surface area contributed by atoms with Gasteiger partial charge >= 0.3 is 0 Å². The Morgan fingerprint density at radius 3 is 2.56 bits per heavy atom. The van der Waals surface area contributed by atoms with Gasteiger partial charge in [0.15, 0.2) is 16.7 Å². The molecule has 0 unspecified atom stereocenters. The van der Waals surface area contributed by atoms with Crippen LogP contribution in [0.4, 0.5) is 5.69 Å². The molecule has 7 nitrogen and oxygen atoms in total. The van der Waals surface area contributed by atoms with Crippen LogP contribution in [0, 0.1) is 11.3 Å². The predicted octanol–water partition coefficient (Wildman–Crippen LogP) is 5.05. The van der Waals surface area contributed by atoms with E-state index in [1.165, 1.54) is 11.8 Å². The Hall–Kier alpha value is -4.22. The van der Waals surface area contributed by atoms with Crippen molar-refractivity contribution in [3.05, 3.63) is 88.3 Å². The van der Waals surface area contributed by atoms with Gasteiger partial charge in [-0.3, -0.25) is 4.79 Å². The second-order valence-corrected chi connectivity index (χ2v) is 8.18. The Labute approximate surface area is 201 Å². The zero-order chi connectivity index (χ0) is 23.9. The van der Waals surface area contributed by atoms with E-state index in [1.54, 1.807) is 38.5 Å². The molecule has 0 radical (unpaired) electrons. The second kappa shape index (κ2) is 10.6. The molecule has 1 fully saturated rings. The number of rotatable bonds is 7. The van der Waals surface area contributed by atoms with E-state index in [-0.39, 0.29) is 12.5 Å². The van der Waals surface area contributed by atoms with Crippen molar-refractivity contribution >= 4 is 34.6 Å². The van der Waals surface area contributed by atoms with E-state index in [0.29, 0.717) is 32.8 Å². The van der Waals surface area contributed by atoms with Gasteiger partial charge in [0.05, 0.1) is 36.4 Å². The first-order valence-corrected chi connectivity index (χ1v) is 11.1. The third-order valence-corrected chi connectivity index (χ3v) is 5.87. The van der Waals surface area contributed by atoms with Crippen molar-refractivity contribution in [2.24, 2.45) is 4.99 Å². The van der Waals surface area contributed by atoms with Gasteiger partial charge in [-0.15, -0.1) is 0 Å². The number of amidine groups is 1. The van der Waals surface area contributed by atoms with Gasteiger partial charge in [0.25, 0.3) is 5.91 Å². The topological polar surface area (TPSA) is 92.9 Å². The fourth-order valence-corrected chi connectivity index (χ4v) is 4.05. The first-order chi connectivity index (χ1) is 16.6.